The second-order valence-corrected chi connectivity index (χ2v) is 6.85. The summed E-state index contributed by atoms with van der Waals surface area (Å²) >= 11 is 0. The first-order chi connectivity index (χ1) is 8.64. The molecule has 19 heavy (non-hydrogen) atoms. The van der Waals surface area contributed by atoms with Crippen LogP contribution in [0.4, 0.5) is 0 Å². The highest BCUT2D eigenvalue weighted by atomic mass is 16.6. The minimum Gasteiger partial charge on any atom is -0.456 e. The topological polar surface area (TPSA) is 26.3 Å². The molecule has 106 valence electrons. The highest BCUT2D eigenvalue weighted by Crippen LogP contribution is 2.27. The molecular weight excluding hydrogens is 236 g/mol. The van der Waals surface area contributed by atoms with Crippen LogP contribution in [0.1, 0.15) is 63.9 Å². The second-order valence-electron chi connectivity index (χ2n) is 6.85. The summed E-state index contributed by atoms with van der Waals surface area (Å²) in [5.74, 6) is -0.227. The Kier molecular flexibility index (Phi) is 4.78. The summed E-state index contributed by atoms with van der Waals surface area (Å²) in [6.07, 6.45) is 1.97. The van der Waals surface area contributed by atoms with Crippen LogP contribution in [-0.4, -0.2) is 11.6 Å². The monoisotopic (exact) mass is 262 g/mol. The van der Waals surface area contributed by atoms with Gasteiger partial charge in [0.25, 0.3) is 0 Å². The number of esters is 1. The van der Waals surface area contributed by atoms with Crippen molar-refractivity contribution in [1.82, 2.24) is 0 Å². The van der Waals surface area contributed by atoms with Crippen molar-refractivity contribution in [3.05, 3.63) is 35.4 Å². The van der Waals surface area contributed by atoms with Crippen LogP contribution >= 0.6 is 0 Å². The molecule has 1 aromatic carbocycles. The van der Waals surface area contributed by atoms with E-state index < -0.39 is 5.60 Å². The van der Waals surface area contributed by atoms with Crippen LogP contribution in [0.5, 0.6) is 0 Å². The average molecular weight is 262 g/mol. The van der Waals surface area contributed by atoms with Crippen molar-refractivity contribution in [3.63, 3.8) is 0 Å². The van der Waals surface area contributed by atoms with E-state index in [0.717, 1.165) is 18.4 Å². The Hall–Kier alpha value is -1.31. The number of hydrogen-bond donors (Lipinski definition) is 0. The van der Waals surface area contributed by atoms with E-state index in [-0.39, 0.29) is 11.4 Å². The van der Waals surface area contributed by atoms with Gasteiger partial charge in [0.2, 0.25) is 0 Å². The van der Waals surface area contributed by atoms with Crippen molar-refractivity contribution < 1.29 is 9.53 Å². The summed E-state index contributed by atoms with van der Waals surface area (Å²) in [7, 11) is 0. The Labute approximate surface area is 117 Å². The molecule has 0 fully saturated rings. The smallest absolute Gasteiger partial charge is 0.338 e. The van der Waals surface area contributed by atoms with Crippen LogP contribution in [-0.2, 0) is 11.2 Å². The van der Waals surface area contributed by atoms with Gasteiger partial charge in [0, 0.05) is 0 Å². The van der Waals surface area contributed by atoms with E-state index >= 15 is 0 Å². The molecule has 1 rings (SSSR count). The molecule has 0 atom stereocenters. The molecule has 0 radical (unpaired) electrons. The van der Waals surface area contributed by atoms with Crippen LogP contribution in [0.3, 0.4) is 0 Å². The molecule has 0 saturated heterocycles. The Morgan fingerprint density at radius 1 is 1.11 bits per heavy atom. The first kappa shape index (κ1) is 15.7. The molecule has 0 amide bonds. The van der Waals surface area contributed by atoms with Gasteiger partial charge in [-0.3, -0.25) is 0 Å². The van der Waals surface area contributed by atoms with Crippen LogP contribution in [0.15, 0.2) is 24.3 Å². The predicted octanol–water partition coefficient (Wildman–Crippen LogP) is 4.62. The Bertz CT molecular complexity index is 439. The van der Waals surface area contributed by atoms with E-state index in [0.29, 0.717) is 5.56 Å². The molecule has 1 aromatic rings. The molecule has 0 N–H and O–H groups in total. The van der Waals surface area contributed by atoms with E-state index in [9.17, 15) is 4.79 Å². The van der Waals surface area contributed by atoms with E-state index in [1.807, 2.05) is 45.0 Å². The van der Waals surface area contributed by atoms with E-state index in [1.165, 1.54) is 0 Å². The summed E-state index contributed by atoms with van der Waals surface area (Å²) in [6, 6.07) is 7.75. The summed E-state index contributed by atoms with van der Waals surface area (Å²) < 4.78 is 5.47. The third-order valence-electron chi connectivity index (χ3n) is 3.26. The van der Waals surface area contributed by atoms with E-state index in [4.69, 9.17) is 4.74 Å². The summed E-state index contributed by atoms with van der Waals surface area (Å²) in [6.45, 7) is 12.3. The van der Waals surface area contributed by atoms with Gasteiger partial charge in [-0.25, -0.2) is 4.79 Å². The molecule has 0 aliphatic rings. The quantitative estimate of drug-likeness (QED) is 0.740. The number of rotatable bonds is 4. The van der Waals surface area contributed by atoms with E-state index in [1.54, 1.807) is 0 Å². The maximum atomic E-state index is 12.2. The van der Waals surface area contributed by atoms with Gasteiger partial charge in [-0.05, 0) is 44.2 Å². The fourth-order valence-corrected chi connectivity index (χ4v) is 1.85. The van der Waals surface area contributed by atoms with Gasteiger partial charge in [-0.1, -0.05) is 45.4 Å². The van der Waals surface area contributed by atoms with Gasteiger partial charge in [0.1, 0.15) is 5.60 Å². The number of ether oxygens (including phenoxy) is 1. The van der Waals surface area contributed by atoms with Crippen LogP contribution < -0.4 is 0 Å². The third-order valence-corrected chi connectivity index (χ3v) is 3.26. The molecule has 0 aliphatic heterocycles. The molecule has 0 saturated carbocycles. The van der Waals surface area contributed by atoms with Gasteiger partial charge in [-0.15, -0.1) is 0 Å². The molecule has 2 heteroatoms. The maximum absolute atomic E-state index is 12.2. The largest absolute Gasteiger partial charge is 0.456 e. The molecule has 0 aromatic heterocycles. The lowest BCUT2D eigenvalue weighted by atomic mass is 9.82. The Balaban J connectivity index is 2.99. The molecule has 0 unspecified atom stereocenters. The Morgan fingerprint density at radius 3 is 2.21 bits per heavy atom. The van der Waals surface area contributed by atoms with Crippen molar-refractivity contribution >= 4 is 5.97 Å². The summed E-state index contributed by atoms with van der Waals surface area (Å²) in [4.78, 5) is 12.2. The van der Waals surface area contributed by atoms with Gasteiger partial charge >= 0.3 is 5.97 Å². The van der Waals surface area contributed by atoms with Crippen molar-refractivity contribution in [2.75, 3.05) is 0 Å². The van der Waals surface area contributed by atoms with Crippen molar-refractivity contribution in [2.24, 2.45) is 5.41 Å². The molecule has 2 nitrogen and oxygen atoms in total. The van der Waals surface area contributed by atoms with Crippen molar-refractivity contribution in [3.8, 4) is 0 Å². The van der Waals surface area contributed by atoms with Gasteiger partial charge in [-0.2, -0.15) is 0 Å². The number of carbonyl (C=O) groups is 1. The molecular formula is C17H26O2. The number of benzene rings is 1. The minimum absolute atomic E-state index is 0.193. The zero-order valence-electron chi connectivity index (χ0n) is 13.0. The van der Waals surface area contributed by atoms with E-state index in [2.05, 4.69) is 20.8 Å². The maximum Gasteiger partial charge on any atom is 0.338 e. The lowest BCUT2D eigenvalue weighted by molar-refractivity contribution is 0.00679. The van der Waals surface area contributed by atoms with Gasteiger partial charge in [0.05, 0.1) is 5.56 Å². The minimum atomic E-state index is -0.454. The highest BCUT2D eigenvalue weighted by molar-refractivity contribution is 5.91. The van der Waals surface area contributed by atoms with Gasteiger partial charge < -0.3 is 4.74 Å². The van der Waals surface area contributed by atoms with Crippen molar-refractivity contribution in [2.45, 2.75) is 60.0 Å². The zero-order valence-corrected chi connectivity index (χ0v) is 13.0. The van der Waals surface area contributed by atoms with Gasteiger partial charge in [0.15, 0.2) is 0 Å². The van der Waals surface area contributed by atoms with Crippen LogP contribution in [0, 0.1) is 5.41 Å². The normalized spacial score (nSPS) is 12.3. The third kappa shape index (κ3) is 5.06. The molecule has 0 heterocycles. The molecule has 0 bridgehead atoms. The second kappa shape index (κ2) is 5.77. The lowest BCUT2D eigenvalue weighted by Crippen LogP contribution is -2.25. The zero-order chi connectivity index (χ0) is 14.7. The fraction of sp³-hybridized carbons (Fsp3) is 0.588. The SMILES string of the molecule is CCC(C)(C)Cc1ccccc1C(=O)OC(C)(C)C. The van der Waals surface area contributed by atoms with Crippen LogP contribution in [0.25, 0.3) is 0 Å². The Morgan fingerprint density at radius 2 is 1.68 bits per heavy atom. The molecule has 0 aliphatic carbocycles. The fourth-order valence-electron chi connectivity index (χ4n) is 1.85. The average Bonchev–Trinajstić information content (AvgIpc) is 2.27. The number of hydrogen-bond acceptors (Lipinski definition) is 2. The standard InChI is InChI=1S/C17H26O2/c1-7-17(5,6)12-13-10-8-9-11-14(13)15(18)19-16(2,3)4/h8-11H,7,12H2,1-6H3. The summed E-state index contributed by atoms with van der Waals surface area (Å²) in [5.41, 5.74) is 1.50. The summed E-state index contributed by atoms with van der Waals surface area (Å²) in [5, 5.41) is 0. The first-order valence-corrected chi connectivity index (χ1v) is 6.96. The lowest BCUT2D eigenvalue weighted by Gasteiger charge is -2.25. The highest BCUT2D eigenvalue weighted by Gasteiger charge is 2.23. The predicted molar refractivity (Wildman–Crippen MR) is 79.4 cm³/mol. The molecule has 0 spiro atoms. The van der Waals surface area contributed by atoms with Crippen molar-refractivity contribution in [1.29, 1.82) is 0 Å². The number of carbonyl (C=O) groups excluding carboxylic acids is 1. The van der Waals surface area contributed by atoms with Crippen LogP contribution in [0.2, 0.25) is 0 Å². The first-order valence-electron chi connectivity index (χ1n) is 6.96.